The van der Waals surface area contributed by atoms with E-state index in [0.717, 1.165) is 40.6 Å². The van der Waals surface area contributed by atoms with Gasteiger partial charge in [-0.3, -0.25) is 9.69 Å². The van der Waals surface area contributed by atoms with Crippen LogP contribution < -0.4 is 14.8 Å². The van der Waals surface area contributed by atoms with E-state index in [0.29, 0.717) is 50.6 Å². The molecule has 6 rings (SSSR count). The van der Waals surface area contributed by atoms with Crippen LogP contribution in [0.25, 0.3) is 5.57 Å². The molecule has 52 heavy (non-hydrogen) atoms. The zero-order valence-electron chi connectivity index (χ0n) is 29.4. The van der Waals surface area contributed by atoms with E-state index in [1.807, 2.05) is 65.6 Å². The van der Waals surface area contributed by atoms with Gasteiger partial charge in [0, 0.05) is 35.7 Å². The SMILES string of the molecule is Cc1ccccc1CCN(C(=O)C1=C(c2ccc(OCCOc3ccc(Br)cc3)cc2)CC2CNCC1N2C(=O)OC(C)(C)C(Cl)(Cl)Cl)C1CC1.Cl. The van der Waals surface area contributed by atoms with E-state index in [9.17, 15) is 9.59 Å². The summed E-state index contributed by atoms with van der Waals surface area (Å²) in [7, 11) is 0. The molecular weight excluding hydrogens is 812 g/mol. The molecule has 2 aliphatic heterocycles. The van der Waals surface area contributed by atoms with E-state index in [1.165, 1.54) is 11.1 Å². The van der Waals surface area contributed by atoms with Gasteiger partial charge in [0.15, 0.2) is 5.60 Å². The Hall–Kier alpha value is -2.66. The molecule has 3 aromatic carbocycles. The van der Waals surface area contributed by atoms with E-state index >= 15 is 0 Å². The lowest BCUT2D eigenvalue weighted by molar-refractivity contribution is -0.128. The molecular formula is C39H44BrCl4N3O5. The van der Waals surface area contributed by atoms with Crippen LogP contribution in [0.2, 0.25) is 0 Å². The van der Waals surface area contributed by atoms with Crippen LogP contribution >= 0.6 is 63.1 Å². The highest BCUT2D eigenvalue weighted by Gasteiger charge is 2.50. The zero-order valence-corrected chi connectivity index (χ0v) is 34.1. The predicted molar refractivity (Wildman–Crippen MR) is 213 cm³/mol. The number of alkyl halides is 3. The molecule has 1 aliphatic carbocycles. The van der Waals surface area contributed by atoms with Crippen LogP contribution in [0.5, 0.6) is 11.5 Å². The van der Waals surface area contributed by atoms with E-state index in [-0.39, 0.29) is 30.4 Å². The van der Waals surface area contributed by atoms with Gasteiger partial charge in [-0.25, -0.2) is 4.79 Å². The van der Waals surface area contributed by atoms with Gasteiger partial charge in [-0.2, -0.15) is 0 Å². The van der Waals surface area contributed by atoms with Crippen molar-refractivity contribution < 1.29 is 23.8 Å². The van der Waals surface area contributed by atoms with Crippen LogP contribution in [-0.2, 0) is 16.0 Å². The molecule has 0 aromatic heterocycles. The van der Waals surface area contributed by atoms with Crippen LogP contribution in [0.15, 0.2) is 82.8 Å². The number of ether oxygens (including phenoxy) is 3. The lowest BCUT2D eigenvalue weighted by Crippen LogP contribution is -2.64. The maximum Gasteiger partial charge on any atom is 0.411 e. The van der Waals surface area contributed by atoms with Crippen molar-refractivity contribution in [2.45, 2.75) is 74.0 Å². The largest absolute Gasteiger partial charge is 0.490 e. The van der Waals surface area contributed by atoms with Gasteiger partial charge >= 0.3 is 6.09 Å². The van der Waals surface area contributed by atoms with Crippen molar-refractivity contribution >= 4 is 80.7 Å². The Labute approximate surface area is 335 Å². The minimum atomic E-state index is -1.85. The maximum absolute atomic E-state index is 14.9. The van der Waals surface area contributed by atoms with E-state index in [1.54, 1.807) is 18.7 Å². The Kier molecular flexibility index (Phi) is 13.4. The molecule has 3 aliphatic rings. The number of benzene rings is 3. The number of hydrogen-bond acceptors (Lipinski definition) is 6. The third-order valence-corrected chi connectivity index (χ3v) is 11.7. The van der Waals surface area contributed by atoms with Crippen molar-refractivity contribution in [3.05, 3.63) is 99.5 Å². The highest BCUT2D eigenvalue weighted by atomic mass is 79.9. The Bertz CT molecular complexity index is 1750. The van der Waals surface area contributed by atoms with Crippen molar-refractivity contribution in [3.63, 3.8) is 0 Å². The number of amides is 2. The molecule has 280 valence electrons. The van der Waals surface area contributed by atoms with Gasteiger partial charge in [-0.05, 0) is 105 Å². The Morgan fingerprint density at radius 2 is 1.54 bits per heavy atom. The molecule has 2 heterocycles. The number of hydrogen-bond donors (Lipinski definition) is 1. The highest BCUT2D eigenvalue weighted by Crippen LogP contribution is 2.43. The molecule has 13 heteroatoms. The number of carbonyl (C=O) groups is 2. The molecule has 1 saturated heterocycles. The fraction of sp³-hybridized carbons (Fsp3) is 0.436. The average molecular weight is 857 g/mol. The van der Waals surface area contributed by atoms with Crippen molar-refractivity contribution in [2.75, 3.05) is 32.8 Å². The number of piperazine rings is 1. The van der Waals surface area contributed by atoms with E-state index < -0.39 is 21.5 Å². The van der Waals surface area contributed by atoms with Crippen LogP contribution in [0, 0.1) is 6.92 Å². The summed E-state index contributed by atoms with van der Waals surface area (Å²) in [6, 6.07) is 23.0. The molecule has 1 saturated carbocycles. The third kappa shape index (κ3) is 9.52. The standard InChI is InChI=1S/C39H43BrCl3N3O5.ClH/c1-25-6-4-5-7-26(25)18-19-45(29-12-13-29)36(47)35-33(22-30-23-44-24-34(35)46(30)37(48)51-38(2,3)39(41,42)43)27-8-14-31(15-9-27)49-20-21-50-32-16-10-28(40)11-17-32;/h4-11,14-17,29-30,34,44H,12-13,18-24H2,1-3H3;1H. The summed E-state index contributed by atoms with van der Waals surface area (Å²) in [6.07, 6.45) is 2.48. The van der Waals surface area contributed by atoms with Crippen molar-refractivity contribution in [2.24, 2.45) is 0 Å². The second-order valence-corrected chi connectivity index (χ2v) is 17.0. The number of fused-ring (bicyclic) bond motifs is 2. The second-order valence-electron chi connectivity index (χ2n) is 13.8. The number of nitrogens with zero attached hydrogens (tertiary/aromatic N) is 2. The van der Waals surface area contributed by atoms with Gasteiger partial charge in [-0.15, -0.1) is 12.4 Å². The molecule has 2 fully saturated rings. The summed E-state index contributed by atoms with van der Waals surface area (Å²) in [6.45, 7) is 7.50. The molecule has 0 radical (unpaired) electrons. The quantitative estimate of drug-likeness (QED) is 0.145. The van der Waals surface area contributed by atoms with Crippen LogP contribution in [0.4, 0.5) is 4.79 Å². The van der Waals surface area contributed by atoms with E-state index in [2.05, 4.69) is 40.3 Å². The minimum Gasteiger partial charge on any atom is -0.490 e. The molecule has 3 aromatic rings. The van der Waals surface area contributed by atoms with Crippen molar-refractivity contribution in [3.8, 4) is 11.5 Å². The Balaban J connectivity index is 0.00000523. The molecule has 0 spiro atoms. The van der Waals surface area contributed by atoms with Crippen molar-refractivity contribution in [1.82, 2.24) is 15.1 Å². The van der Waals surface area contributed by atoms with Crippen molar-refractivity contribution in [1.29, 1.82) is 0 Å². The molecule has 2 unspecified atom stereocenters. The Morgan fingerprint density at radius 1 is 0.923 bits per heavy atom. The van der Waals surface area contributed by atoms with Crippen LogP contribution in [0.1, 0.15) is 49.8 Å². The van der Waals surface area contributed by atoms with Gasteiger partial charge in [0.2, 0.25) is 3.79 Å². The average Bonchev–Trinajstić information content (AvgIpc) is 3.93. The van der Waals surface area contributed by atoms with E-state index in [4.69, 9.17) is 49.0 Å². The fourth-order valence-electron chi connectivity index (χ4n) is 6.67. The molecule has 1 N–H and O–H groups in total. The van der Waals surface area contributed by atoms with Gasteiger partial charge in [0.25, 0.3) is 5.91 Å². The topological polar surface area (TPSA) is 80.3 Å². The van der Waals surface area contributed by atoms with Gasteiger partial charge in [0.1, 0.15) is 24.7 Å². The number of carbonyl (C=O) groups excluding carboxylic acids is 2. The summed E-state index contributed by atoms with van der Waals surface area (Å²) in [5.41, 5.74) is 3.44. The molecule has 8 nitrogen and oxygen atoms in total. The molecule has 2 atom stereocenters. The molecule has 2 amide bonds. The minimum absolute atomic E-state index is 0. The number of nitrogens with one attached hydrogen (secondary N) is 1. The first-order chi connectivity index (χ1) is 24.3. The Morgan fingerprint density at radius 3 is 2.13 bits per heavy atom. The third-order valence-electron chi connectivity index (χ3n) is 9.78. The smallest absolute Gasteiger partial charge is 0.411 e. The van der Waals surface area contributed by atoms with Crippen LogP contribution in [-0.4, -0.2) is 82.2 Å². The first kappa shape index (κ1) is 40.5. The van der Waals surface area contributed by atoms with Gasteiger partial charge in [0.05, 0.1) is 12.1 Å². The molecule has 2 bridgehead atoms. The predicted octanol–water partition coefficient (Wildman–Crippen LogP) is 8.96. The maximum atomic E-state index is 14.9. The highest BCUT2D eigenvalue weighted by molar-refractivity contribution is 9.10. The summed E-state index contributed by atoms with van der Waals surface area (Å²) < 4.78 is 16.8. The first-order valence-electron chi connectivity index (χ1n) is 17.3. The number of halogens is 5. The normalized spacial score (nSPS) is 18.7. The zero-order chi connectivity index (χ0) is 36.3. The second kappa shape index (κ2) is 17.2. The van der Waals surface area contributed by atoms with Gasteiger partial charge < -0.3 is 24.4 Å². The number of aryl methyl sites for hydroxylation is 1. The lowest BCUT2D eigenvalue weighted by atomic mass is 9.82. The summed E-state index contributed by atoms with van der Waals surface area (Å²) in [4.78, 5) is 32.6. The monoisotopic (exact) mass is 853 g/mol. The van der Waals surface area contributed by atoms with Crippen LogP contribution in [0.3, 0.4) is 0 Å². The first-order valence-corrected chi connectivity index (χ1v) is 19.2. The summed E-state index contributed by atoms with van der Waals surface area (Å²) in [5.74, 6) is 1.41. The fourth-order valence-corrected chi connectivity index (χ4v) is 7.05. The summed E-state index contributed by atoms with van der Waals surface area (Å²) in [5, 5.41) is 3.46. The summed E-state index contributed by atoms with van der Waals surface area (Å²) >= 11 is 22.1. The number of rotatable bonds is 12. The lowest BCUT2D eigenvalue weighted by Gasteiger charge is -2.48. The van der Waals surface area contributed by atoms with Gasteiger partial charge in [-0.1, -0.05) is 87.1 Å².